The third-order valence-corrected chi connectivity index (χ3v) is 8.06. The number of hydrogen-bond acceptors (Lipinski definition) is 9. The molecular weight excluding hydrogens is 503 g/mol. The van der Waals surface area contributed by atoms with Gasteiger partial charge in [0, 0.05) is 6.42 Å². The number of nitrogens with one attached hydrogen (secondary N) is 1. The van der Waals surface area contributed by atoms with Crippen molar-refractivity contribution in [3.05, 3.63) is 66.5 Å². The van der Waals surface area contributed by atoms with E-state index in [0.29, 0.717) is 34.2 Å². The van der Waals surface area contributed by atoms with E-state index in [2.05, 4.69) is 25.1 Å². The Morgan fingerprint density at radius 2 is 1.86 bits per heavy atom. The van der Waals surface area contributed by atoms with E-state index in [9.17, 15) is 12.8 Å². The van der Waals surface area contributed by atoms with Gasteiger partial charge in [0.15, 0.2) is 27.2 Å². The van der Waals surface area contributed by atoms with Gasteiger partial charge < -0.3 is 18.9 Å². The normalized spacial score (nSPS) is 12.6. The van der Waals surface area contributed by atoms with E-state index in [4.69, 9.17) is 13.9 Å². The molecule has 192 valence electrons. The second kappa shape index (κ2) is 9.65. The summed E-state index contributed by atoms with van der Waals surface area (Å²) < 4.78 is 59.3. The minimum absolute atomic E-state index is 0.0401. The summed E-state index contributed by atoms with van der Waals surface area (Å²) in [5, 5.41) is 7.56. The molecular formula is C24H23FN6O5S. The van der Waals surface area contributed by atoms with Crippen molar-refractivity contribution in [3.8, 4) is 28.8 Å². The molecule has 0 aliphatic rings. The number of para-hydroxylation sites is 1. The number of aromatic nitrogens is 6. The van der Waals surface area contributed by atoms with Gasteiger partial charge in [-0.1, -0.05) is 6.07 Å². The summed E-state index contributed by atoms with van der Waals surface area (Å²) >= 11 is 0. The van der Waals surface area contributed by atoms with Crippen LogP contribution in [0.4, 0.5) is 4.39 Å². The number of pyridine rings is 1. The van der Waals surface area contributed by atoms with Gasteiger partial charge in [-0.3, -0.25) is 9.55 Å². The first kappa shape index (κ1) is 24.4. The summed E-state index contributed by atoms with van der Waals surface area (Å²) in [6.45, 7) is 1.57. The highest BCUT2D eigenvalue weighted by molar-refractivity contribution is 7.91. The molecule has 0 spiro atoms. The molecule has 1 aromatic carbocycles. The Morgan fingerprint density at radius 3 is 2.54 bits per heavy atom. The van der Waals surface area contributed by atoms with Crippen LogP contribution in [-0.4, -0.2) is 57.6 Å². The van der Waals surface area contributed by atoms with E-state index in [-0.39, 0.29) is 23.6 Å². The van der Waals surface area contributed by atoms with Gasteiger partial charge in [0.2, 0.25) is 5.82 Å². The number of halogens is 1. The molecule has 0 fully saturated rings. The Kier molecular flexibility index (Phi) is 6.38. The largest absolute Gasteiger partial charge is 0.494 e. The lowest BCUT2D eigenvalue weighted by atomic mass is 10.2. The first-order valence-corrected chi connectivity index (χ1v) is 12.9. The van der Waals surface area contributed by atoms with Gasteiger partial charge in [0.1, 0.15) is 28.5 Å². The van der Waals surface area contributed by atoms with Crippen LogP contribution in [0.15, 0.2) is 53.5 Å². The number of methoxy groups -OCH3 is 2. The van der Waals surface area contributed by atoms with Crippen molar-refractivity contribution in [2.75, 3.05) is 14.2 Å². The van der Waals surface area contributed by atoms with E-state index < -0.39 is 26.7 Å². The zero-order chi connectivity index (χ0) is 26.2. The molecule has 0 bridgehead atoms. The van der Waals surface area contributed by atoms with Gasteiger partial charge in [-0.25, -0.2) is 17.8 Å². The second-order valence-corrected chi connectivity index (χ2v) is 10.7. The van der Waals surface area contributed by atoms with Crippen LogP contribution < -0.4 is 9.47 Å². The van der Waals surface area contributed by atoms with Crippen LogP contribution in [0.3, 0.4) is 0 Å². The number of sulfone groups is 1. The van der Waals surface area contributed by atoms with E-state index in [1.54, 1.807) is 41.8 Å². The number of benzene rings is 1. The molecule has 0 saturated carbocycles. The number of H-pyrrole nitrogens is 1. The first-order valence-electron chi connectivity index (χ1n) is 11.2. The van der Waals surface area contributed by atoms with Crippen molar-refractivity contribution in [2.45, 2.75) is 24.3 Å². The molecule has 0 unspecified atom stereocenters. The molecule has 13 heteroatoms. The van der Waals surface area contributed by atoms with E-state index in [1.165, 1.54) is 26.8 Å². The van der Waals surface area contributed by atoms with Crippen LogP contribution in [0.1, 0.15) is 18.4 Å². The minimum atomic E-state index is -3.80. The predicted octanol–water partition coefficient (Wildman–Crippen LogP) is 3.50. The van der Waals surface area contributed by atoms with Gasteiger partial charge in [0.05, 0.1) is 49.5 Å². The Balaban J connectivity index is 1.56. The fourth-order valence-electron chi connectivity index (χ4n) is 4.09. The number of imidazole rings is 1. The number of hydrogen-bond donors (Lipinski definition) is 1. The van der Waals surface area contributed by atoms with Crippen LogP contribution in [0.5, 0.6) is 11.5 Å². The molecule has 11 nitrogen and oxygen atoms in total. The van der Waals surface area contributed by atoms with Gasteiger partial charge in [-0.05, 0) is 31.2 Å². The number of furan rings is 1. The summed E-state index contributed by atoms with van der Waals surface area (Å²) in [4.78, 5) is 10.9. The molecule has 4 heterocycles. The minimum Gasteiger partial charge on any atom is -0.494 e. The Bertz CT molecular complexity index is 1640. The highest BCUT2D eigenvalue weighted by Crippen LogP contribution is 2.37. The second-order valence-electron chi connectivity index (χ2n) is 8.26. The van der Waals surface area contributed by atoms with Crippen molar-refractivity contribution in [1.29, 1.82) is 0 Å². The van der Waals surface area contributed by atoms with E-state index in [1.807, 2.05) is 0 Å². The molecule has 0 radical (unpaired) electrons. The smallest absolute Gasteiger partial charge is 0.204 e. The molecule has 5 aromatic rings. The van der Waals surface area contributed by atoms with Crippen LogP contribution in [-0.2, 0) is 22.0 Å². The average Bonchev–Trinajstić information content (AvgIpc) is 3.66. The zero-order valence-electron chi connectivity index (χ0n) is 20.2. The molecule has 4 aromatic heterocycles. The third kappa shape index (κ3) is 4.42. The summed E-state index contributed by atoms with van der Waals surface area (Å²) in [5.41, 5.74) is 1.31. The van der Waals surface area contributed by atoms with Crippen molar-refractivity contribution in [2.24, 2.45) is 0 Å². The SMILES string of the molecule is COc1cccc(OC)c1-n1c(CS(=O)(=O)[C@@H](C)Cc2ncc(F)c3nc[nH]c23)nnc1-c1ccco1. The number of nitrogens with zero attached hydrogens (tertiary/aromatic N) is 5. The van der Waals surface area contributed by atoms with Crippen molar-refractivity contribution >= 4 is 20.9 Å². The Morgan fingerprint density at radius 1 is 1.11 bits per heavy atom. The predicted molar refractivity (Wildman–Crippen MR) is 132 cm³/mol. The molecule has 1 atom stereocenters. The molecule has 0 amide bonds. The molecule has 37 heavy (non-hydrogen) atoms. The summed E-state index contributed by atoms with van der Waals surface area (Å²) in [6.07, 6.45) is 3.91. The summed E-state index contributed by atoms with van der Waals surface area (Å²) in [5.74, 6) is 0.627. The fraction of sp³-hybridized carbons (Fsp3) is 0.250. The lowest BCUT2D eigenvalue weighted by Gasteiger charge is -2.18. The molecule has 0 aliphatic carbocycles. The quantitative estimate of drug-likeness (QED) is 0.306. The van der Waals surface area contributed by atoms with Gasteiger partial charge in [-0.2, -0.15) is 0 Å². The van der Waals surface area contributed by atoms with Crippen LogP contribution in [0.2, 0.25) is 0 Å². The van der Waals surface area contributed by atoms with Crippen LogP contribution in [0, 0.1) is 5.82 Å². The number of aromatic amines is 1. The molecule has 1 N–H and O–H groups in total. The topological polar surface area (TPSA) is 138 Å². The Hall–Kier alpha value is -4.26. The fourth-order valence-corrected chi connectivity index (χ4v) is 5.34. The molecule has 5 rings (SSSR count). The lowest BCUT2D eigenvalue weighted by Crippen LogP contribution is -2.24. The molecule has 0 aliphatic heterocycles. The van der Waals surface area contributed by atoms with Gasteiger partial charge in [0.25, 0.3) is 0 Å². The summed E-state index contributed by atoms with van der Waals surface area (Å²) in [7, 11) is -0.803. The lowest BCUT2D eigenvalue weighted by molar-refractivity contribution is 0.390. The highest BCUT2D eigenvalue weighted by atomic mass is 32.2. The van der Waals surface area contributed by atoms with Crippen LogP contribution in [0.25, 0.3) is 28.3 Å². The standard InChI is InChI=1S/C24H23FN6O5S/c1-14(10-16-22-21(27-13-28-22)15(25)11-26-16)37(32,33)12-20-29-30-24(19-8-5-9-36-19)31(20)23-17(34-2)6-4-7-18(23)35-3/h4-9,11,13-14H,10,12H2,1-3H3,(H,27,28)/t14-/m0/s1. The van der Waals surface area contributed by atoms with E-state index >= 15 is 0 Å². The van der Waals surface area contributed by atoms with Gasteiger partial charge >= 0.3 is 0 Å². The zero-order valence-corrected chi connectivity index (χ0v) is 21.0. The van der Waals surface area contributed by atoms with Crippen molar-refractivity contribution in [1.82, 2.24) is 29.7 Å². The number of rotatable bonds is 9. The van der Waals surface area contributed by atoms with Crippen molar-refractivity contribution < 1.29 is 26.7 Å². The average molecular weight is 527 g/mol. The van der Waals surface area contributed by atoms with Crippen LogP contribution >= 0.6 is 0 Å². The Labute approximate surface area is 211 Å². The maximum atomic E-state index is 14.0. The molecule has 0 saturated heterocycles. The first-order chi connectivity index (χ1) is 17.8. The monoisotopic (exact) mass is 526 g/mol. The highest BCUT2D eigenvalue weighted by Gasteiger charge is 2.30. The van der Waals surface area contributed by atoms with Gasteiger partial charge in [-0.15, -0.1) is 10.2 Å². The maximum absolute atomic E-state index is 14.0. The third-order valence-electron chi connectivity index (χ3n) is 6.01. The maximum Gasteiger partial charge on any atom is 0.204 e. The summed E-state index contributed by atoms with van der Waals surface area (Å²) in [6, 6.07) is 8.58. The number of ether oxygens (including phenoxy) is 2. The van der Waals surface area contributed by atoms with Crippen molar-refractivity contribution in [3.63, 3.8) is 0 Å². The van der Waals surface area contributed by atoms with E-state index in [0.717, 1.165) is 6.20 Å². The number of fused-ring (bicyclic) bond motifs is 1.